The SMILES string of the molecule is O=C(NC1CC1)c1cc(N2CCCC(c3ncc[nH]3)C2)nc2ccccc12. The maximum atomic E-state index is 12.8. The van der Waals surface area contributed by atoms with Crippen molar-refractivity contribution in [3.8, 4) is 0 Å². The minimum atomic E-state index is 0.0111. The zero-order chi connectivity index (χ0) is 18.2. The van der Waals surface area contributed by atoms with Crippen LogP contribution in [0.25, 0.3) is 10.9 Å². The molecule has 138 valence electrons. The van der Waals surface area contributed by atoms with Gasteiger partial charge in [-0.3, -0.25) is 4.79 Å². The number of benzene rings is 1. The summed E-state index contributed by atoms with van der Waals surface area (Å²) in [6.07, 6.45) is 8.05. The van der Waals surface area contributed by atoms with E-state index in [2.05, 4.69) is 20.2 Å². The first-order valence-corrected chi connectivity index (χ1v) is 9.73. The van der Waals surface area contributed by atoms with Crippen LogP contribution in [-0.4, -0.2) is 40.0 Å². The molecule has 0 bridgehead atoms. The maximum absolute atomic E-state index is 12.8. The minimum absolute atomic E-state index is 0.0111. The highest BCUT2D eigenvalue weighted by molar-refractivity contribution is 6.07. The largest absolute Gasteiger partial charge is 0.356 e. The summed E-state index contributed by atoms with van der Waals surface area (Å²) in [4.78, 5) is 27.7. The first-order chi connectivity index (χ1) is 13.3. The molecular weight excluding hydrogens is 338 g/mol. The van der Waals surface area contributed by atoms with Gasteiger partial charge in [0.05, 0.1) is 11.1 Å². The van der Waals surface area contributed by atoms with Crippen LogP contribution >= 0.6 is 0 Å². The zero-order valence-corrected chi connectivity index (χ0v) is 15.2. The van der Waals surface area contributed by atoms with Gasteiger partial charge in [0.1, 0.15) is 11.6 Å². The molecule has 0 radical (unpaired) electrons. The molecule has 3 aromatic rings. The second-order valence-corrected chi connectivity index (χ2v) is 7.55. The normalized spacial score (nSPS) is 20.0. The van der Waals surface area contributed by atoms with Gasteiger partial charge in [-0.25, -0.2) is 9.97 Å². The second kappa shape index (κ2) is 6.68. The number of anilines is 1. The van der Waals surface area contributed by atoms with Crippen LogP contribution in [0.5, 0.6) is 0 Å². The van der Waals surface area contributed by atoms with Crippen LogP contribution in [0, 0.1) is 0 Å². The average molecular weight is 361 g/mol. The lowest BCUT2D eigenvalue weighted by atomic mass is 9.97. The van der Waals surface area contributed by atoms with Crippen LogP contribution in [0.15, 0.2) is 42.7 Å². The van der Waals surface area contributed by atoms with Crippen molar-refractivity contribution in [1.82, 2.24) is 20.3 Å². The second-order valence-electron chi connectivity index (χ2n) is 7.55. The smallest absolute Gasteiger partial charge is 0.252 e. The number of hydrogen-bond donors (Lipinski definition) is 2. The lowest BCUT2D eigenvalue weighted by Crippen LogP contribution is -2.35. The van der Waals surface area contributed by atoms with Crippen molar-refractivity contribution in [2.75, 3.05) is 18.0 Å². The van der Waals surface area contributed by atoms with E-state index in [0.717, 1.165) is 66.9 Å². The molecule has 1 saturated heterocycles. The summed E-state index contributed by atoms with van der Waals surface area (Å²) in [5, 5.41) is 4.04. The summed E-state index contributed by atoms with van der Waals surface area (Å²) in [6.45, 7) is 1.81. The van der Waals surface area contributed by atoms with Crippen molar-refractivity contribution in [3.05, 3.63) is 54.1 Å². The maximum Gasteiger partial charge on any atom is 0.252 e. The molecule has 0 spiro atoms. The van der Waals surface area contributed by atoms with Crippen LogP contribution in [0.2, 0.25) is 0 Å². The van der Waals surface area contributed by atoms with Crippen molar-refractivity contribution in [2.45, 2.75) is 37.6 Å². The van der Waals surface area contributed by atoms with Gasteiger partial charge in [0, 0.05) is 42.8 Å². The van der Waals surface area contributed by atoms with Crippen LogP contribution in [0.1, 0.15) is 47.8 Å². The Morgan fingerprint density at radius 1 is 1.22 bits per heavy atom. The molecular formula is C21H23N5O. The van der Waals surface area contributed by atoms with Crippen molar-refractivity contribution >= 4 is 22.6 Å². The first kappa shape index (κ1) is 16.3. The number of amides is 1. The molecule has 1 atom stereocenters. The number of aromatic amines is 1. The van der Waals surface area contributed by atoms with E-state index in [1.165, 1.54) is 0 Å². The Bertz CT molecular complexity index is 964. The molecule has 1 saturated carbocycles. The lowest BCUT2D eigenvalue weighted by Gasteiger charge is -2.33. The molecule has 1 unspecified atom stereocenters. The van der Waals surface area contributed by atoms with Gasteiger partial charge in [0.25, 0.3) is 5.91 Å². The van der Waals surface area contributed by atoms with Crippen molar-refractivity contribution in [2.24, 2.45) is 0 Å². The fraction of sp³-hybridized carbons (Fsp3) is 0.381. The number of nitrogens with zero attached hydrogens (tertiary/aromatic N) is 3. The third kappa shape index (κ3) is 3.27. The summed E-state index contributed by atoms with van der Waals surface area (Å²) in [6, 6.07) is 10.2. The number of aromatic nitrogens is 3. The molecule has 6 heteroatoms. The summed E-state index contributed by atoms with van der Waals surface area (Å²) < 4.78 is 0. The van der Waals surface area contributed by atoms with Gasteiger partial charge < -0.3 is 15.2 Å². The quantitative estimate of drug-likeness (QED) is 0.748. The Hall–Kier alpha value is -2.89. The number of pyridine rings is 1. The number of nitrogens with one attached hydrogen (secondary N) is 2. The molecule has 6 nitrogen and oxygen atoms in total. The molecule has 2 N–H and O–H groups in total. The summed E-state index contributed by atoms with van der Waals surface area (Å²) >= 11 is 0. The van der Waals surface area contributed by atoms with Gasteiger partial charge >= 0.3 is 0 Å². The van der Waals surface area contributed by atoms with E-state index in [0.29, 0.717) is 12.0 Å². The molecule has 2 fully saturated rings. The molecule has 1 aliphatic heterocycles. The molecule has 1 aliphatic carbocycles. The van der Waals surface area contributed by atoms with Gasteiger partial charge in [0.15, 0.2) is 0 Å². The fourth-order valence-corrected chi connectivity index (χ4v) is 3.91. The number of imidazole rings is 1. The number of hydrogen-bond acceptors (Lipinski definition) is 4. The summed E-state index contributed by atoms with van der Waals surface area (Å²) in [5.41, 5.74) is 1.60. The molecule has 3 heterocycles. The van der Waals surface area contributed by atoms with Crippen LogP contribution in [0.3, 0.4) is 0 Å². The Morgan fingerprint density at radius 3 is 2.93 bits per heavy atom. The predicted molar refractivity (Wildman–Crippen MR) is 105 cm³/mol. The predicted octanol–water partition coefficient (Wildman–Crippen LogP) is 3.23. The van der Waals surface area contributed by atoms with Gasteiger partial charge in [-0.05, 0) is 37.8 Å². The minimum Gasteiger partial charge on any atom is -0.356 e. The third-order valence-corrected chi connectivity index (χ3v) is 5.51. The standard InChI is InChI=1S/C21H23N5O/c27-21(24-15-7-8-15)17-12-19(25-18-6-2-1-5-16(17)18)26-11-3-4-14(13-26)20-22-9-10-23-20/h1-2,5-6,9-10,12,14-15H,3-4,7-8,11,13H2,(H,22,23)(H,24,27). The number of para-hydroxylation sites is 1. The van der Waals surface area contributed by atoms with Crippen LogP contribution in [0.4, 0.5) is 5.82 Å². The number of piperidine rings is 1. The monoisotopic (exact) mass is 361 g/mol. The fourth-order valence-electron chi connectivity index (χ4n) is 3.91. The molecule has 1 amide bonds. The Kier molecular flexibility index (Phi) is 4.03. The van der Waals surface area contributed by atoms with Crippen molar-refractivity contribution < 1.29 is 4.79 Å². The van der Waals surface area contributed by atoms with Gasteiger partial charge in [0.2, 0.25) is 0 Å². The van der Waals surface area contributed by atoms with Crippen molar-refractivity contribution in [1.29, 1.82) is 0 Å². The van der Waals surface area contributed by atoms with E-state index in [-0.39, 0.29) is 5.91 Å². The topological polar surface area (TPSA) is 73.9 Å². The van der Waals surface area contributed by atoms with E-state index in [9.17, 15) is 4.79 Å². The van der Waals surface area contributed by atoms with Crippen LogP contribution < -0.4 is 10.2 Å². The molecule has 27 heavy (non-hydrogen) atoms. The number of carbonyl (C=O) groups is 1. The highest BCUT2D eigenvalue weighted by Gasteiger charge is 2.27. The molecule has 5 rings (SSSR count). The van der Waals surface area contributed by atoms with Crippen LogP contribution in [-0.2, 0) is 0 Å². The van der Waals surface area contributed by atoms with Gasteiger partial charge in [-0.2, -0.15) is 0 Å². The zero-order valence-electron chi connectivity index (χ0n) is 15.2. The highest BCUT2D eigenvalue weighted by atomic mass is 16.1. The number of carbonyl (C=O) groups excluding carboxylic acids is 1. The van der Waals surface area contributed by atoms with E-state index >= 15 is 0 Å². The number of rotatable bonds is 4. The Balaban J connectivity index is 1.49. The van der Waals surface area contributed by atoms with E-state index in [1.807, 2.05) is 42.7 Å². The van der Waals surface area contributed by atoms with E-state index < -0.39 is 0 Å². The van der Waals surface area contributed by atoms with Crippen molar-refractivity contribution in [3.63, 3.8) is 0 Å². The highest BCUT2D eigenvalue weighted by Crippen LogP contribution is 2.30. The number of H-pyrrole nitrogens is 1. The van der Waals surface area contributed by atoms with E-state index in [1.54, 1.807) is 0 Å². The summed E-state index contributed by atoms with van der Waals surface area (Å²) in [5.74, 6) is 2.29. The molecule has 1 aromatic carbocycles. The summed E-state index contributed by atoms with van der Waals surface area (Å²) in [7, 11) is 0. The van der Waals surface area contributed by atoms with Gasteiger partial charge in [-0.1, -0.05) is 18.2 Å². The molecule has 2 aromatic heterocycles. The third-order valence-electron chi connectivity index (χ3n) is 5.51. The lowest BCUT2D eigenvalue weighted by molar-refractivity contribution is 0.0952. The number of fused-ring (bicyclic) bond motifs is 1. The first-order valence-electron chi connectivity index (χ1n) is 9.73. The molecule has 2 aliphatic rings. The average Bonchev–Trinajstić information content (AvgIpc) is 3.35. The van der Waals surface area contributed by atoms with Gasteiger partial charge in [-0.15, -0.1) is 0 Å². The Labute approximate surface area is 158 Å². The Morgan fingerprint density at radius 2 is 2.11 bits per heavy atom. The van der Waals surface area contributed by atoms with E-state index in [4.69, 9.17) is 4.98 Å².